The zero-order valence-corrected chi connectivity index (χ0v) is 10.3. The molecule has 3 nitrogen and oxygen atoms in total. The molecule has 0 fully saturated rings. The number of hydrogen-bond acceptors (Lipinski definition) is 3. The van der Waals surface area contributed by atoms with Crippen molar-refractivity contribution in [2.75, 3.05) is 11.1 Å². The molecule has 0 radical (unpaired) electrons. The Hall–Kier alpha value is -1.68. The molecule has 0 amide bonds. The SMILES string of the molecule is C=CCSc1ccccc1NCc1cnc[nH]1. The summed E-state index contributed by atoms with van der Waals surface area (Å²) in [6.45, 7) is 4.49. The quantitative estimate of drug-likeness (QED) is 0.606. The van der Waals surface area contributed by atoms with Crippen LogP contribution in [0.1, 0.15) is 5.69 Å². The maximum atomic E-state index is 3.99. The second kappa shape index (κ2) is 6.15. The number of nitrogens with zero attached hydrogens (tertiary/aromatic N) is 1. The van der Waals surface area contributed by atoms with E-state index in [4.69, 9.17) is 0 Å². The molecule has 0 aliphatic rings. The Kier molecular flexibility index (Phi) is 4.27. The summed E-state index contributed by atoms with van der Waals surface area (Å²) in [6, 6.07) is 8.28. The predicted octanol–water partition coefficient (Wildman–Crippen LogP) is 3.30. The van der Waals surface area contributed by atoms with Crippen LogP contribution in [0.15, 0.2) is 54.3 Å². The number of aromatic amines is 1. The molecule has 4 heteroatoms. The summed E-state index contributed by atoms with van der Waals surface area (Å²) in [5, 5.41) is 3.40. The summed E-state index contributed by atoms with van der Waals surface area (Å²) in [5.41, 5.74) is 2.22. The molecule has 0 spiro atoms. The van der Waals surface area contributed by atoms with E-state index in [2.05, 4.69) is 34.0 Å². The lowest BCUT2D eigenvalue weighted by Crippen LogP contribution is -2.00. The standard InChI is InChI=1S/C13H15N3S/c1-2-7-17-13-6-4-3-5-12(13)15-9-11-8-14-10-16-11/h2-6,8,10,15H,1,7,9H2,(H,14,16). The first-order valence-electron chi connectivity index (χ1n) is 5.44. The van der Waals surface area contributed by atoms with Crippen LogP contribution in [0.3, 0.4) is 0 Å². The van der Waals surface area contributed by atoms with Gasteiger partial charge in [0.05, 0.1) is 18.6 Å². The molecule has 0 bridgehead atoms. The Bertz CT molecular complexity index is 465. The molecule has 0 unspecified atom stereocenters. The van der Waals surface area contributed by atoms with Crippen molar-refractivity contribution in [3.8, 4) is 0 Å². The van der Waals surface area contributed by atoms with E-state index >= 15 is 0 Å². The molecular formula is C13H15N3S. The normalized spacial score (nSPS) is 10.1. The largest absolute Gasteiger partial charge is 0.379 e. The molecule has 1 heterocycles. The predicted molar refractivity (Wildman–Crippen MR) is 73.3 cm³/mol. The number of nitrogens with one attached hydrogen (secondary N) is 2. The molecular weight excluding hydrogens is 230 g/mol. The van der Waals surface area contributed by atoms with Gasteiger partial charge in [0.15, 0.2) is 0 Å². The number of aromatic nitrogens is 2. The first kappa shape index (κ1) is 11.8. The third kappa shape index (κ3) is 3.39. The van der Waals surface area contributed by atoms with Crippen molar-refractivity contribution in [3.63, 3.8) is 0 Å². The number of thioether (sulfide) groups is 1. The lowest BCUT2D eigenvalue weighted by Gasteiger charge is -2.09. The molecule has 0 aliphatic heterocycles. The van der Waals surface area contributed by atoms with Crippen LogP contribution in [-0.2, 0) is 6.54 Å². The van der Waals surface area contributed by atoms with Crippen molar-refractivity contribution in [2.24, 2.45) is 0 Å². The van der Waals surface area contributed by atoms with E-state index in [1.54, 1.807) is 18.1 Å². The van der Waals surface area contributed by atoms with E-state index in [9.17, 15) is 0 Å². The minimum Gasteiger partial charge on any atom is -0.379 e. The van der Waals surface area contributed by atoms with E-state index in [-0.39, 0.29) is 0 Å². The third-order valence-corrected chi connectivity index (χ3v) is 3.34. The number of H-pyrrole nitrogens is 1. The molecule has 2 aromatic rings. The second-order valence-electron chi connectivity index (χ2n) is 3.53. The van der Waals surface area contributed by atoms with Crippen LogP contribution in [0.5, 0.6) is 0 Å². The maximum absolute atomic E-state index is 3.99. The van der Waals surface area contributed by atoms with Gasteiger partial charge in [-0.05, 0) is 12.1 Å². The van der Waals surface area contributed by atoms with Gasteiger partial charge in [0.2, 0.25) is 0 Å². The van der Waals surface area contributed by atoms with Crippen molar-refractivity contribution >= 4 is 17.4 Å². The highest BCUT2D eigenvalue weighted by Gasteiger charge is 2.01. The summed E-state index contributed by atoms with van der Waals surface area (Å²) >= 11 is 1.78. The fourth-order valence-corrected chi connectivity index (χ4v) is 2.23. The minimum atomic E-state index is 0.756. The number of rotatable bonds is 6. The Morgan fingerprint density at radius 2 is 2.29 bits per heavy atom. The van der Waals surface area contributed by atoms with E-state index in [0.29, 0.717) is 0 Å². The molecule has 1 aromatic heterocycles. The lowest BCUT2D eigenvalue weighted by atomic mass is 10.3. The zero-order valence-electron chi connectivity index (χ0n) is 9.52. The summed E-state index contributed by atoms with van der Waals surface area (Å²) in [4.78, 5) is 8.31. The number of benzene rings is 1. The van der Waals surface area contributed by atoms with Gasteiger partial charge in [-0.15, -0.1) is 18.3 Å². The van der Waals surface area contributed by atoms with Crippen LogP contribution in [-0.4, -0.2) is 15.7 Å². The summed E-state index contributed by atoms with van der Waals surface area (Å²) in [5.74, 6) is 0.919. The average molecular weight is 245 g/mol. The van der Waals surface area contributed by atoms with Gasteiger partial charge < -0.3 is 10.3 Å². The second-order valence-corrected chi connectivity index (χ2v) is 4.59. The highest BCUT2D eigenvalue weighted by atomic mass is 32.2. The van der Waals surface area contributed by atoms with Crippen LogP contribution in [0, 0.1) is 0 Å². The number of anilines is 1. The number of imidazole rings is 1. The van der Waals surface area contributed by atoms with Gasteiger partial charge in [-0.2, -0.15) is 0 Å². The molecule has 2 N–H and O–H groups in total. The fourth-order valence-electron chi connectivity index (χ4n) is 1.46. The van der Waals surface area contributed by atoms with Crippen molar-refractivity contribution in [1.82, 2.24) is 9.97 Å². The Morgan fingerprint density at radius 1 is 1.41 bits per heavy atom. The van der Waals surface area contributed by atoms with Crippen LogP contribution < -0.4 is 5.32 Å². The van der Waals surface area contributed by atoms with Crippen LogP contribution in [0.25, 0.3) is 0 Å². The van der Waals surface area contributed by atoms with Gasteiger partial charge in [0.25, 0.3) is 0 Å². The van der Waals surface area contributed by atoms with Crippen LogP contribution >= 0.6 is 11.8 Å². The summed E-state index contributed by atoms with van der Waals surface area (Å²) in [6.07, 6.45) is 5.43. The third-order valence-electron chi connectivity index (χ3n) is 2.27. The number of hydrogen-bond donors (Lipinski definition) is 2. The van der Waals surface area contributed by atoms with Crippen molar-refractivity contribution < 1.29 is 0 Å². The average Bonchev–Trinajstić information content (AvgIpc) is 2.88. The Labute approximate surface area is 105 Å². The van der Waals surface area contributed by atoms with E-state index in [1.807, 2.05) is 24.4 Å². The van der Waals surface area contributed by atoms with Crippen molar-refractivity contribution in [1.29, 1.82) is 0 Å². The molecule has 88 valence electrons. The molecule has 2 rings (SSSR count). The van der Waals surface area contributed by atoms with Gasteiger partial charge in [-0.25, -0.2) is 4.98 Å². The minimum absolute atomic E-state index is 0.756. The van der Waals surface area contributed by atoms with Gasteiger partial charge in [0.1, 0.15) is 0 Å². The molecule has 0 aliphatic carbocycles. The Morgan fingerprint density at radius 3 is 3.06 bits per heavy atom. The zero-order chi connectivity index (χ0) is 11.9. The molecule has 0 saturated carbocycles. The summed E-state index contributed by atoms with van der Waals surface area (Å²) in [7, 11) is 0. The smallest absolute Gasteiger partial charge is 0.0922 e. The van der Waals surface area contributed by atoms with Crippen molar-refractivity contribution in [3.05, 3.63) is 55.1 Å². The summed E-state index contributed by atoms with van der Waals surface area (Å²) < 4.78 is 0. The van der Waals surface area contributed by atoms with Crippen LogP contribution in [0.4, 0.5) is 5.69 Å². The van der Waals surface area contributed by atoms with E-state index in [1.165, 1.54) is 4.90 Å². The van der Waals surface area contributed by atoms with E-state index in [0.717, 1.165) is 23.7 Å². The maximum Gasteiger partial charge on any atom is 0.0922 e. The van der Waals surface area contributed by atoms with Gasteiger partial charge in [-0.3, -0.25) is 0 Å². The van der Waals surface area contributed by atoms with Gasteiger partial charge in [0, 0.05) is 22.5 Å². The topological polar surface area (TPSA) is 40.7 Å². The molecule has 1 aromatic carbocycles. The fraction of sp³-hybridized carbons (Fsp3) is 0.154. The van der Waals surface area contributed by atoms with Crippen LogP contribution in [0.2, 0.25) is 0 Å². The van der Waals surface area contributed by atoms with Crippen molar-refractivity contribution in [2.45, 2.75) is 11.4 Å². The Balaban J connectivity index is 2.01. The molecule has 17 heavy (non-hydrogen) atoms. The molecule has 0 atom stereocenters. The first-order chi connectivity index (χ1) is 8.40. The highest BCUT2D eigenvalue weighted by Crippen LogP contribution is 2.27. The lowest BCUT2D eigenvalue weighted by molar-refractivity contribution is 1.06. The van der Waals surface area contributed by atoms with Gasteiger partial charge in [-0.1, -0.05) is 18.2 Å². The molecule has 0 saturated heterocycles. The van der Waals surface area contributed by atoms with E-state index < -0.39 is 0 Å². The monoisotopic (exact) mass is 245 g/mol. The first-order valence-corrected chi connectivity index (χ1v) is 6.42. The highest BCUT2D eigenvalue weighted by molar-refractivity contribution is 7.99. The number of para-hydroxylation sites is 1. The van der Waals surface area contributed by atoms with Gasteiger partial charge >= 0.3 is 0 Å².